The highest BCUT2D eigenvalue weighted by atomic mass is 35.5. The fraction of sp³-hybridized carbons (Fsp3) is 0.778. The first-order valence-electron chi connectivity index (χ1n) is 5.11. The normalized spacial score (nSPS) is 20.8. The van der Waals surface area contributed by atoms with Crippen molar-refractivity contribution in [3.8, 4) is 0 Å². The zero-order valence-corrected chi connectivity index (χ0v) is 10.2. The highest BCUT2D eigenvalue weighted by Gasteiger charge is 2.19. The van der Waals surface area contributed by atoms with Crippen LogP contribution in [0.25, 0.3) is 0 Å². The van der Waals surface area contributed by atoms with E-state index in [1.54, 1.807) is 0 Å². The predicted octanol–water partition coefficient (Wildman–Crippen LogP) is -0.713. The van der Waals surface area contributed by atoms with Gasteiger partial charge in [0, 0.05) is 19.6 Å². The average Bonchev–Trinajstić information content (AvgIpc) is 2.17. The number of halogens is 1. The number of nitrogens with one attached hydrogen (secondary N) is 2. The Morgan fingerprint density at radius 3 is 2.75 bits per heavy atom. The van der Waals surface area contributed by atoms with Gasteiger partial charge in [0.05, 0.1) is 6.54 Å². The van der Waals surface area contributed by atoms with E-state index in [2.05, 4.69) is 10.6 Å². The minimum absolute atomic E-state index is 0. The van der Waals surface area contributed by atoms with Crippen molar-refractivity contribution in [1.29, 1.82) is 0 Å². The molecule has 1 fully saturated rings. The van der Waals surface area contributed by atoms with E-state index in [4.69, 9.17) is 5.73 Å². The summed E-state index contributed by atoms with van der Waals surface area (Å²) in [6, 6.07) is -0.326. The molecule has 0 aromatic heterocycles. The minimum Gasteiger partial charge on any atom is -0.341 e. The summed E-state index contributed by atoms with van der Waals surface area (Å²) in [6.45, 7) is 1.83. The third-order valence-electron chi connectivity index (χ3n) is 2.39. The first-order valence-corrected chi connectivity index (χ1v) is 5.11. The second-order valence-corrected chi connectivity index (χ2v) is 3.76. The number of nitrogens with two attached hydrogens (primary N) is 1. The first-order chi connectivity index (χ1) is 7.11. The molecular weight excluding hydrogens is 232 g/mol. The second-order valence-electron chi connectivity index (χ2n) is 3.76. The number of hydrogen-bond acceptors (Lipinski definition) is 4. The molecule has 1 atom stereocenters. The van der Waals surface area contributed by atoms with Crippen LogP contribution in [0.3, 0.4) is 0 Å². The molecule has 94 valence electrons. The van der Waals surface area contributed by atoms with Crippen molar-refractivity contribution >= 4 is 24.3 Å². The molecule has 1 unspecified atom stereocenters. The summed E-state index contributed by atoms with van der Waals surface area (Å²) >= 11 is 0. The van der Waals surface area contributed by atoms with Crippen LogP contribution >= 0.6 is 12.4 Å². The van der Waals surface area contributed by atoms with Crippen LogP contribution in [-0.2, 0) is 4.79 Å². The minimum atomic E-state index is -0.471. The van der Waals surface area contributed by atoms with E-state index < -0.39 is 6.03 Å². The summed E-state index contributed by atoms with van der Waals surface area (Å²) in [4.78, 5) is 24.1. The lowest BCUT2D eigenvalue weighted by atomic mass is 10.1. The molecule has 16 heavy (non-hydrogen) atoms. The Hall–Kier alpha value is -0.850. The average molecular weight is 251 g/mol. The molecule has 6 nitrogen and oxygen atoms in total. The van der Waals surface area contributed by atoms with Crippen LogP contribution in [0.1, 0.15) is 12.8 Å². The summed E-state index contributed by atoms with van der Waals surface area (Å²) in [5.74, 6) is -0.288. The lowest BCUT2D eigenvalue weighted by Crippen LogP contribution is -2.48. The van der Waals surface area contributed by atoms with Gasteiger partial charge in [0.2, 0.25) is 5.91 Å². The van der Waals surface area contributed by atoms with Gasteiger partial charge in [-0.15, -0.1) is 12.4 Å². The Morgan fingerprint density at radius 2 is 2.19 bits per heavy atom. The third kappa shape index (κ3) is 5.29. The SMILES string of the molecule is CNC(=O)NC(=O)CN1CCCC(N)C1.Cl. The van der Waals surface area contributed by atoms with Gasteiger partial charge in [0.25, 0.3) is 0 Å². The zero-order valence-electron chi connectivity index (χ0n) is 9.36. The molecule has 0 radical (unpaired) electrons. The van der Waals surface area contributed by atoms with Gasteiger partial charge in [-0.05, 0) is 19.4 Å². The van der Waals surface area contributed by atoms with Gasteiger partial charge in [0.15, 0.2) is 0 Å². The van der Waals surface area contributed by atoms with E-state index in [0.29, 0.717) is 0 Å². The highest BCUT2D eigenvalue weighted by Crippen LogP contribution is 2.06. The number of piperidine rings is 1. The third-order valence-corrected chi connectivity index (χ3v) is 2.39. The number of nitrogens with zero attached hydrogens (tertiary/aromatic N) is 1. The van der Waals surface area contributed by atoms with Crippen molar-refractivity contribution in [1.82, 2.24) is 15.5 Å². The molecule has 0 aliphatic carbocycles. The molecule has 1 aliphatic heterocycles. The number of imide groups is 1. The Bertz CT molecular complexity index is 250. The van der Waals surface area contributed by atoms with E-state index >= 15 is 0 Å². The van der Waals surface area contributed by atoms with Crippen LogP contribution < -0.4 is 16.4 Å². The van der Waals surface area contributed by atoms with Crippen LogP contribution in [0.15, 0.2) is 0 Å². The van der Waals surface area contributed by atoms with E-state index in [1.807, 2.05) is 4.90 Å². The summed E-state index contributed by atoms with van der Waals surface area (Å²) in [5, 5.41) is 4.55. The Labute approximate surface area is 101 Å². The van der Waals surface area contributed by atoms with Gasteiger partial charge >= 0.3 is 6.03 Å². The molecule has 0 bridgehead atoms. The maximum atomic E-state index is 11.3. The Balaban J connectivity index is 0.00000225. The molecule has 1 saturated heterocycles. The molecule has 0 saturated carbocycles. The fourth-order valence-electron chi connectivity index (χ4n) is 1.67. The van der Waals surface area contributed by atoms with Crippen LogP contribution in [-0.4, -0.2) is 49.6 Å². The van der Waals surface area contributed by atoms with Gasteiger partial charge in [0.1, 0.15) is 0 Å². The predicted molar refractivity (Wildman–Crippen MR) is 63.5 cm³/mol. The molecule has 0 aromatic carbocycles. The second kappa shape index (κ2) is 7.43. The maximum Gasteiger partial charge on any atom is 0.321 e. The van der Waals surface area contributed by atoms with Crippen molar-refractivity contribution in [3.63, 3.8) is 0 Å². The quantitative estimate of drug-likeness (QED) is 0.604. The highest BCUT2D eigenvalue weighted by molar-refractivity contribution is 5.95. The summed E-state index contributed by atoms with van der Waals surface area (Å²) in [7, 11) is 1.47. The van der Waals surface area contributed by atoms with Crippen LogP contribution in [0.4, 0.5) is 4.79 Å². The van der Waals surface area contributed by atoms with Crippen molar-refractivity contribution < 1.29 is 9.59 Å². The molecule has 1 rings (SSSR count). The maximum absolute atomic E-state index is 11.3. The van der Waals surface area contributed by atoms with E-state index in [-0.39, 0.29) is 30.9 Å². The standard InChI is InChI=1S/C9H18N4O2.ClH/c1-11-9(15)12-8(14)6-13-4-2-3-7(10)5-13;/h7H,2-6,10H2,1H3,(H2,11,12,14,15);1H. The molecule has 0 spiro atoms. The Morgan fingerprint density at radius 1 is 1.50 bits per heavy atom. The topological polar surface area (TPSA) is 87.5 Å². The van der Waals surface area contributed by atoms with Crippen molar-refractivity contribution in [2.75, 3.05) is 26.7 Å². The van der Waals surface area contributed by atoms with Gasteiger partial charge < -0.3 is 11.1 Å². The van der Waals surface area contributed by atoms with Crippen molar-refractivity contribution in [3.05, 3.63) is 0 Å². The number of amides is 3. The van der Waals surface area contributed by atoms with Crippen molar-refractivity contribution in [2.45, 2.75) is 18.9 Å². The largest absolute Gasteiger partial charge is 0.341 e. The fourth-order valence-corrected chi connectivity index (χ4v) is 1.67. The summed E-state index contributed by atoms with van der Waals surface area (Å²) in [5.41, 5.74) is 5.78. The van der Waals surface area contributed by atoms with E-state index in [0.717, 1.165) is 25.9 Å². The van der Waals surface area contributed by atoms with Crippen LogP contribution in [0.2, 0.25) is 0 Å². The number of rotatable bonds is 2. The lowest BCUT2D eigenvalue weighted by Gasteiger charge is -2.29. The number of urea groups is 1. The van der Waals surface area contributed by atoms with Gasteiger partial charge in [-0.3, -0.25) is 15.0 Å². The summed E-state index contributed by atoms with van der Waals surface area (Å²) < 4.78 is 0. The molecule has 1 aliphatic rings. The van der Waals surface area contributed by atoms with Gasteiger partial charge in [-0.2, -0.15) is 0 Å². The van der Waals surface area contributed by atoms with Gasteiger partial charge in [-0.25, -0.2) is 4.79 Å². The van der Waals surface area contributed by atoms with Crippen molar-refractivity contribution in [2.24, 2.45) is 5.73 Å². The van der Waals surface area contributed by atoms with Gasteiger partial charge in [-0.1, -0.05) is 0 Å². The van der Waals surface area contributed by atoms with Crippen LogP contribution in [0, 0.1) is 0 Å². The Kier molecular flexibility index (Phi) is 7.03. The molecule has 1 heterocycles. The first kappa shape index (κ1) is 15.2. The van der Waals surface area contributed by atoms with Crippen LogP contribution in [0.5, 0.6) is 0 Å². The number of likely N-dealkylation sites (tertiary alicyclic amines) is 1. The monoisotopic (exact) mass is 250 g/mol. The van der Waals surface area contributed by atoms with E-state index in [9.17, 15) is 9.59 Å². The van der Waals surface area contributed by atoms with E-state index in [1.165, 1.54) is 7.05 Å². The number of carbonyl (C=O) groups excluding carboxylic acids is 2. The zero-order chi connectivity index (χ0) is 11.3. The molecule has 3 amide bonds. The molecule has 4 N–H and O–H groups in total. The number of hydrogen-bond donors (Lipinski definition) is 3. The molecule has 7 heteroatoms. The molecular formula is C9H19ClN4O2. The smallest absolute Gasteiger partial charge is 0.321 e. The summed E-state index contributed by atoms with van der Waals surface area (Å²) in [6.07, 6.45) is 2.02. The number of carbonyl (C=O) groups is 2. The lowest BCUT2D eigenvalue weighted by molar-refractivity contribution is -0.121. The molecule has 0 aromatic rings.